The molecule has 120 valence electrons. The monoisotopic (exact) mass is 323 g/mol. The first kappa shape index (κ1) is 15.2. The third-order valence-corrected chi connectivity index (χ3v) is 4.32. The summed E-state index contributed by atoms with van der Waals surface area (Å²) >= 11 is 0. The number of hydrogen-bond acceptors (Lipinski definition) is 2. The number of hydrogen-bond donors (Lipinski definition) is 1. The normalized spacial score (nSPS) is 10.5. The van der Waals surface area contributed by atoms with E-state index in [1.165, 1.54) is 11.1 Å². The highest BCUT2D eigenvalue weighted by Crippen LogP contribution is 2.28. The molecule has 0 spiro atoms. The maximum absolute atomic E-state index is 4.50. The van der Waals surface area contributed by atoms with Crippen LogP contribution in [0, 0.1) is 25.7 Å². The Kier molecular flexibility index (Phi) is 3.80. The molecule has 0 atom stereocenters. The van der Waals surface area contributed by atoms with Gasteiger partial charge in [-0.15, -0.1) is 0 Å². The molecule has 3 heterocycles. The summed E-state index contributed by atoms with van der Waals surface area (Å²) in [4.78, 5) is 11.9. The van der Waals surface area contributed by atoms with Crippen LogP contribution in [-0.4, -0.2) is 15.0 Å². The van der Waals surface area contributed by atoms with Crippen LogP contribution in [-0.2, 0) is 0 Å². The van der Waals surface area contributed by atoms with Gasteiger partial charge in [-0.3, -0.25) is 4.98 Å². The Morgan fingerprint density at radius 1 is 0.960 bits per heavy atom. The Morgan fingerprint density at radius 3 is 2.72 bits per heavy atom. The molecule has 0 bridgehead atoms. The van der Waals surface area contributed by atoms with Gasteiger partial charge in [-0.25, -0.2) is 4.98 Å². The molecule has 25 heavy (non-hydrogen) atoms. The first-order valence-electron chi connectivity index (χ1n) is 8.18. The van der Waals surface area contributed by atoms with Gasteiger partial charge in [-0.05, 0) is 61.0 Å². The van der Waals surface area contributed by atoms with Gasteiger partial charge in [0.2, 0.25) is 0 Å². The molecule has 0 saturated carbocycles. The summed E-state index contributed by atoms with van der Waals surface area (Å²) in [7, 11) is 0. The Balaban J connectivity index is 1.78. The molecule has 0 amide bonds. The fraction of sp³-hybridized carbons (Fsp3) is 0.0909. The van der Waals surface area contributed by atoms with Crippen molar-refractivity contribution in [1.29, 1.82) is 0 Å². The number of benzene rings is 1. The summed E-state index contributed by atoms with van der Waals surface area (Å²) in [5, 5.41) is 2.26. The van der Waals surface area contributed by atoms with Gasteiger partial charge in [0.05, 0.1) is 0 Å². The number of nitrogens with zero attached hydrogens (tertiary/aromatic N) is 2. The lowest BCUT2D eigenvalue weighted by Gasteiger charge is -2.05. The van der Waals surface area contributed by atoms with E-state index in [0.717, 1.165) is 33.3 Å². The summed E-state index contributed by atoms with van der Waals surface area (Å²) in [6, 6.07) is 12.2. The number of fused-ring (bicyclic) bond motifs is 1. The van der Waals surface area contributed by atoms with Crippen LogP contribution in [0.25, 0.3) is 21.9 Å². The van der Waals surface area contributed by atoms with Crippen molar-refractivity contribution >= 4 is 10.8 Å². The maximum atomic E-state index is 4.50. The average molecular weight is 323 g/mol. The van der Waals surface area contributed by atoms with Crippen molar-refractivity contribution in [3.63, 3.8) is 0 Å². The number of aromatic nitrogens is 3. The molecule has 0 saturated heterocycles. The molecule has 1 aromatic carbocycles. The van der Waals surface area contributed by atoms with Crippen molar-refractivity contribution in [2.24, 2.45) is 0 Å². The lowest BCUT2D eigenvalue weighted by Crippen LogP contribution is -1.90. The second kappa shape index (κ2) is 6.26. The van der Waals surface area contributed by atoms with Crippen LogP contribution >= 0.6 is 0 Å². The summed E-state index contributed by atoms with van der Waals surface area (Å²) < 4.78 is 0. The number of nitrogens with one attached hydrogen (secondary N) is 1. The van der Waals surface area contributed by atoms with Crippen molar-refractivity contribution in [2.45, 2.75) is 13.8 Å². The molecule has 4 aromatic rings. The smallest absolute Gasteiger partial charge is 0.121 e. The van der Waals surface area contributed by atoms with Gasteiger partial charge in [0.1, 0.15) is 5.69 Å². The highest BCUT2D eigenvalue weighted by atomic mass is 14.7. The second-order valence-electron chi connectivity index (χ2n) is 6.06. The highest BCUT2D eigenvalue weighted by molar-refractivity contribution is 5.83. The van der Waals surface area contributed by atoms with E-state index in [-0.39, 0.29) is 0 Å². The van der Waals surface area contributed by atoms with E-state index >= 15 is 0 Å². The third-order valence-electron chi connectivity index (χ3n) is 4.32. The number of H-pyrrole nitrogens is 1. The van der Waals surface area contributed by atoms with E-state index in [1.54, 1.807) is 12.4 Å². The Morgan fingerprint density at radius 2 is 1.88 bits per heavy atom. The number of rotatable bonds is 1. The van der Waals surface area contributed by atoms with Crippen molar-refractivity contribution < 1.29 is 0 Å². The minimum Gasteiger partial charge on any atom is -0.364 e. The number of aryl methyl sites for hydroxylation is 2. The van der Waals surface area contributed by atoms with Gasteiger partial charge >= 0.3 is 0 Å². The lowest BCUT2D eigenvalue weighted by molar-refractivity contribution is 1.25. The molecule has 4 rings (SSSR count). The van der Waals surface area contributed by atoms with E-state index in [1.807, 2.05) is 36.7 Å². The van der Waals surface area contributed by atoms with Crippen molar-refractivity contribution in [2.75, 3.05) is 0 Å². The molecule has 0 aliphatic heterocycles. The minimum absolute atomic E-state index is 0.795. The minimum atomic E-state index is 0.795. The van der Waals surface area contributed by atoms with Crippen LogP contribution < -0.4 is 0 Å². The largest absolute Gasteiger partial charge is 0.364 e. The van der Waals surface area contributed by atoms with Crippen LogP contribution in [0.1, 0.15) is 22.5 Å². The van der Waals surface area contributed by atoms with E-state index in [4.69, 9.17) is 0 Å². The fourth-order valence-electron chi connectivity index (χ4n) is 3.07. The predicted molar refractivity (Wildman–Crippen MR) is 101 cm³/mol. The molecular formula is C22H17N3. The van der Waals surface area contributed by atoms with E-state index in [0.29, 0.717) is 0 Å². The Labute approximate surface area is 146 Å². The van der Waals surface area contributed by atoms with E-state index in [2.05, 4.69) is 52.8 Å². The van der Waals surface area contributed by atoms with Gasteiger partial charge in [0.15, 0.2) is 0 Å². The second-order valence-corrected chi connectivity index (χ2v) is 6.06. The van der Waals surface area contributed by atoms with E-state index in [9.17, 15) is 0 Å². The van der Waals surface area contributed by atoms with Crippen LogP contribution in [0.4, 0.5) is 0 Å². The van der Waals surface area contributed by atoms with Crippen molar-refractivity contribution in [1.82, 2.24) is 15.0 Å². The molecule has 3 nitrogen and oxygen atoms in total. The van der Waals surface area contributed by atoms with Crippen molar-refractivity contribution in [3.05, 3.63) is 83.7 Å². The predicted octanol–water partition coefficient (Wildman–Crippen LogP) is 4.64. The molecule has 0 radical (unpaired) electrons. The fourth-order valence-corrected chi connectivity index (χ4v) is 3.07. The zero-order chi connectivity index (χ0) is 17.2. The molecule has 0 aliphatic carbocycles. The highest BCUT2D eigenvalue weighted by Gasteiger charge is 2.11. The molecule has 0 aliphatic rings. The maximum Gasteiger partial charge on any atom is 0.121 e. The van der Waals surface area contributed by atoms with Gasteiger partial charge in [0, 0.05) is 52.6 Å². The third kappa shape index (κ3) is 2.90. The summed E-state index contributed by atoms with van der Waals surface area (Å²) in [5.74, 6) is 6.50. The van der Waals surface area contributed by atoms with Crippen LogP contribution in [0.15, 0.2) is 61.2 Å². The molecule has 1 N–H and O–H groups in total. The Bertz CT molecular complexity index is 1110. The van der Waals surface area contributed by atoms with Crippen LogP contribution in [0.5, 0.6) is 0 Å². The topological polar surface area (TPSA) is 41.6 Å². The molecular weight excluding hydrogens is 306 g/mol. The van der Waals surface area contributed by atoms with E-state index < -0.39 is 0 Å². The summed E-state index contributed by atoms with van der Waals surface area (Å²) in [5.41, 5.74) is 6.35. The zero-order valence-electron chi connectivity index (χ0n) is 14.2. The van der Waals surface area contributed by atoms with Crippen LogP contribution in [0.3, 0.4) is 0 Å². The average Bonchev–Trinajstić information content (AvgIpc) is 2.98. The number of aromatic amines is 1. The van der Waals surface area contributed by atoms with Gasteiger partial charge in [-0.2, -0.15) is 0 Å². The van der Waals surface area contributed by atoms with Crippen LogP contribution in [0.2, 0.25) is 0 Å². The molecule has 3 aromatic heterocycles. The molecule has 0 fully saturated rings. The summed E-state index contributed by atoms with van der Waals surface area (Å²) in [6.45, 7) is 4.17. The number of pyridine rings is 2. The molecule has 0 unspecified atom stereocenters. The SMILES string of the molecule is Cc1c[nH]c(C)c1-c1cccnc1C#Cc1ccc2cnccc2c1. The first-order valence-corrected chi connectivity index (χ1v) is 8.18. The first-order chi connectivity index (χ1) is 12.2. The molecule has 3 heteroatoms. The van der Waals surface area contributed by atoms with Gasteiger partial charge < -0.3 is 4.98 Å². The van der Waals surface area contributed by atoms with Crippen molar-refractivity contribution in [3.8, 4) is 23.0 Å². The Hall–Kier alpha value is -3.38. The summed E-state index contributed by atoms with van der Waals surface area (Å²) in [6.07, 6.45) is 7.47. The quantitative estimate of drug-likeness (QED) is 0.518. The zero-order valence-corrected chi connectivity index (χ0v) is 14.2. The van der Waals surface area contributed by atoms with Gasteiger partial charge in [0.25, 0.3) is 0 Å². The lowest BCUT2D eigenvalue weighted by atomic mass is 10.0. The van der Waals surface area contributed by atoms with Gasteiger partial charge in [-0.1, -0.05) is 12.0 Å². The standard InChI is InChI=1S/C22H17N3/c1-15-13-25-16(2)22(15)20-4-3-10-24-21(20)8-6-17-5-7-19-14-23-11-9-18(19)12-17/h3-5,7,9-14,25H,1-2H3.